The summed E-state index contributed by atoms with van der Waals surface area (Å²) in [7, 11) is -3.97. The van der Waals surface area contributed by atoms with Crippen molar-refractivity contribution < 1.29 is 22.3 Å². The Morgan fingerprint density at radius 1 is 1.13 bits per heavy atom. The first-order valence-electron chi connectivity index (χ1n) is 9.20. The maximum Gasteiger partial charge on any atom is 0.274 e. The zero-order valence-electron chi connectivity index (χ0n) is 16.2. The number of halogens is 1. The molecule has 0 fully saturated rings. The SMILES string of the molecule is CCOc1cccc(CNC(=O)CN(c2ccc(F)cc2)S(=O)(=O)c2cccs2)c1. The first-order valence-corrected chi connectivity index (χ1v) is 11.5. The fraction of sp³-hybridized carbons (Fsp3) is 0.190. The molecule has 1 N–H and O–H groups in total. The van der Waals surface area contributed by atoms with E-state index in [0.29, 0.717) is 12.4 Å². The molecule has 2 aromatic carbocycles. The van der Waals surface area contributed by atoms with Crippen LogP contribution in [-0.4, -0.2) is 27.5 Å². The van der Waals surface area contributed by atoms with E-state index in [-0.39, 0.29) is 16.4 Å². The molecule has 3 rings (SSSR count). The molecule has 158 valence electrons. The summed E-state index contributed by atoms with van der Waals surface area (Å²) >= 11 is 1.05. The highest BCUT2D eigenvalue weighted by atomic mass is 32.2. The van der Waals surface area contributed by atoms with Crippen molar-refractivity contribution in [2.45, 2.75) is 17.7 Å². The predicted octanol–water partition coefficient (Wildman–Crippen LogP) is 3.80. The summed E-state index contributed by atoms with van der Waals surface area (Å²) in [6, 6.07) is 15.3. The smallest absolute Gasteiger partial charge is 0.274 e. The van der Waals surface area contributed by atoms with Gasteiger partial charge in [0.25, 0.3) is 10.0 Å². The summed E-state index contributed by atoms with van der Waals surface area (Å²) in [5.41, 5.74) is 1.03. The van der Waals surface area contributed by atoms with Gasteiger partial charge in [-0.2, -0.15) is 0 Å². The molecule has 1 aromatic heterocycles. The van der Waals surface area contributed by atoms with Gasteiger partial charge in [-0.15, -0.1) is 11.3 Å². The Hall–Kier alpha value is -2.91. The van der Waals surface area contributed by atoms with Gasteiger partial charge in [0.15, 0.2) is 0 Å². The first-order chi connectivity index (χ1) is 14.4. The second kappa shape index (κ2) is 9.73. The highest BCUT2D eigenvalue weighted by molar-refractivity contribution is 7.94. The van der Waals surface area contributed by atoms with Crippen LogP contribution in [-0.2, 0) is 21.4 Å². The van der Waals surface area contributed by atoms with Crippen LogP contribution in [0.3, 0.4) is 0 Å². The van der Waals surface area contributed by atoms with Crippen LogP contribution in [0.1, 0.15) is 12.5 Å². The van der Waals surface area contributed by atoms with Crippen molar-refractivity contribution in [3.8, 4) is 5.75 Å². The van der Waals surface area contributed by atoms with Crippen molar-refractivity contribution in [2.75, 3.05) is 17.5 Å². The standard InChI is InChI=1S/C21H21FN2O4S2/c1-2-28-19-6-3-5-16(13-19)14-23-20(25)15-24(18-10-8-17(22)9-11-18)30(26,27)21-7-4-12-29-21/h3-13H,2,14-15H2,1H3,(H,23,25). The Balaban J connectivity index is 1.77. The normalized spacial score (nSPS) is 11.1. The number of anilines is 1. The first kappa shape index (κ1) is 21.8. The van der Waals surface area contributed by atoms with Gasteiger partial charge in [-0.3, -0.25) is 9.10 Å². The maximum atomic E-state index is 13.3. The van der Waals surface area contributed by atoms with Crippen molar-refractivity contribution in [3.05, 3.63) is 77.4 Å². The molecule has 0 aliphatic carbocycles. The van der Waals surface area contributed by atoms with E-state index in [1.165, 1.54) is 18.2 Å². The number of benzene rings is 2. The van der Waals surface area contributed by atoms with Gasteiger partial charge in [-0.25, -0.2) is 12.8 Å². The van der Waals surface area contributed by atoms with Crippen LogP contribution in [0.4, 0.5) is 10.1 Å². The van der Waals surface area contributed by atoms with Gasteiger partial charge in [0.1, 0.15) is 22.3 Å². The Morgan fingerprint density at radius 2 is 1.90 bits per heavy atom. The molecule has 0 saturated heterocycles. The molecule has 0 bridgehead atoms. The minimum Gasteiger partial charge on any atom is -0.494 e. The number of carbonyl (C=O) groups excluding carboxylic acids is 1. The van der Waals surface area contributed by atoms with E-state index >= 15 is 0 Å². The van der Waals surface area contributed by atoms with E-state index in [1.807, 2.05) is 31.2 Å². The molecule has 0 unspecified atom stereocenters. The Labute approximate surface area is 179 Å². The van der Waals surface area contributed by atoms with E-state index in [9.17, 15) is 17.6 Å². The van der Waals surface area contributed by atoms with Crippen molar-refractivity contribution in [1.29, 1.82) is 0 Å². The zero-order chi connectivity index (χ0) is 21.6. The number of thiophene rings is 1. The number of hydrogen-bond acceptors (Lipinski definition) is 5. The summed E-state index contributed by atoms with van der Waals surface area (Å²) in [6.45, 7) is 2.20. The number of hydrogen-bond donors (Lipinski definition) is 1. The number of carbonyl (C=O) groups is 1. The van der Waals surface area contributed by atoms with Crippen LogP contribution in [0.25, 0.3) is 0 Å². The largest absolute Gasteiger partial charge is 0.494 e. The van der Waals surface area contributed by atoms with Gasteiger partial charge in [0.05, 0.1) is 12.3 Å². The molecule has 0 atom stereocenters. The number of ether oxygens (including phenoxy) is 1. The number of rotatable bonds is 9. The second-order valence-electron chi connectivity index (χ2n) is 6.28. The summed E-state index contributed by atoms with van der Waals surface area (Å²) in [5, 5.41) is 4.37. The van der Waals surface area contributed by atoms with Crippen LogP contribution in [0.5, 0.6) is 5.75 Å². The van der Waals surface area contributed by atoms with Crippen molar-refractivity contribution >= 4 is 33.0 Å². The summed E-state index contributed by atoms with van der Waals surface area (Å²) in [5.74, 6) is -0.287. The average molecular weight is 449 g/mol. The molecule has 9 heteroatoms. The van der Waals surface area contributed by atoms with E-state index in [4.69, 9.17) is 4.74 Å². The van der Waals surface area contributed by atoms with Gasteiger partial charge in [0, 0.05) is 6.54 Å². The van der Waals surface area contributed by atoms with Gasteiger partial charge < -0.3 is 10.1 Å². The number of amides is 1. The van der Waals surface area contributed by atoms with E-state index in [0.717, 1.165) is 33.3 Å². The molecule has 0 aliphatic rings. The minimum atomic E-state index is -3.97. The monoisotopic (exact) mass is 448 g/mol. The summed E-state index contributed by atoms with van der Waals surface area (Å²) < 4.78 is 45.9. The Morgan fingerprint density at radius 3 is 2.57 bits per heavy atom. The lowest BCUT2D eigenvalue weighted by Crippen LogP contribution is -2.40. The molecule has 1 amide bonds. The number of nitrogens with zero attached hydrogens (tertiary/aromatic N) is 1. The zero-order valence-corrected chi connectivity index (χ0v) is 17.9. The summed E-state index contributed by atoms with van der Waals surface area (Å²) in [4.78, 5) is 12.6. The lowest BCUT2D eigenvalue weighted by atomic mass is 10.2. The van der Waals surface area contributed by atoms with Crippen molar-refractivity contribution in [2.24, 2.45) is 0 Å². The molecular formula is C21H21FN2O4S2. The van der Waals surface area contributed by atoms with E-state index in [2.05, 4.69) is 5.32 Å². The number of sulfonamides is 1. The van der Waals surface area contributed by atoms with Crippen LogP contribution in [0.15, 0.2) is 70.3 Å². The fourth-order valence-electron chi connectivity index (χ4n) is 2.74. The Bertz CT molecular complexity index is 1080. The lowest BCUT2D eigenvalue weighted by molar-refractivity contribution is -0.119. The summed E-state index contributed by atoms with van der Waals surface area (Å²) in [6.07, 6.45) is 0. The molecule has 0 radical (unpaired) electrons. The van der Waals surface area contributed by atoms with E-state index < -0.39 is 28.3 Å². The quantitative estimate of drug-likeness (QED) is 0.540. The topological polar surface area (TPSA) is 75.7 Å². The second-order valence-corrected chi connectivity index (χ2v) is 9.31. The third kappa shape index (κ3) is 5.37. The molecule has 30 heavy (non-hydrogen) atoms. The van der Waals surface area contributed by atoms with Crippen LogP contribution < -0.4 is 14.4 Å². The molecule has 3 aromatic rings. The molecule has 1 heterocycles. The molecule has 6 nitrogen and oxygen atoms in total. The Kier molecular flexibility index (Phi) is 7.07. The highest BCUT2D eigenvalue weighted by Crippen LogP contribution is 2.26. The van der Waals surface area contributed by atoms with E-state index in [1.54, 1.807) is 11.4 Å². The lowest BCUT2D eigenvalue weighted by Gasteiger charge is -2.23. The molecule has 0 spiro atoms. The third-order valence-electron chi connectivity index (χ3n) is 4.14. The molecule has 0 aliphatic heterocycles. The number of nitrogens with one attached hydrogen (secondary N) is 1. The average Bonchev–Trinajstić information content (AvgIpc) is 3.28. The van der Waals surface area contributed by atoms with Crippen LogP contribution >= 0.6 is 11.3 Å². The highest BCUT2D eigenvalue weighted by Gasteiger charge is 2.28. The predicted molar refractivity (Wildman–Crippen MR) is 115 cm³/mol. The van der Waals surface area contributed by atoms with Crippen molar-refractivity contribution in [3.63, 3.8) is 0 Å². The van der Waals surface area contributed by atoms with Crippen LogP contribution in [0, 0.1) is 5.82 Å². The fourth-order valence-corrected chi connectivity index (χ4v) is 5.27. The van der Waals surface area contributed by atoms with Crippen molar-refractivity contribution in [1.82, 2.24) is 5.32 Å². The molecule has 0 saturated carbocycles. The van der Waals surface area contributed by atoms with Crippen LogP contribution in [0.2, 0.25) is 0 Å². The van der Waals surface area contributed by atoms with Gasteiger partial charge in [0.2, 0.25) is 5.91 Å². The van der Waals surface area contributed by atoms with Gasteiger partial charge >= 0.3 is 0 Å². The maximum absolute atomic E-state index is 13.3. The molecular weight excluding hydrogens is 427 g/mol. The minimum absolute atomic E-state index is 0.101. The third-order valence-corrected chi connectivity index (χ3v) is 7.29. The van der Waals surface area contributed by atoms with Gasteiger partial charge in [-0.05, 0) is 60.3 Å². The van der Waals surface area contributed by atoms with Gasteiger partial charge in [-0.1, -0.05) is 18.2 Å².